The highest BCUT2D eigenvalue weighted by atomic mass is 16.5. The Hall–Kier alpha value is -1.79. The van der Waals surface area contributed by atoms with Crippen molar-refractivity contribution in [2.75, 3.05) is 53.6 Å². The van der Waals surface area contributed by atoms with E-state index in [4.69, 9.17) is 9.47 Å². The summed E-state index contributed by atoms with van der Waals surface area (Å²) >= 11 is 0. The second-order valence-electron chi connectivity index (χ2n) is 7.22. The van der Waals surface area contributed by atoms with E-state index in [0.717, 1.165) is 63.9 Å². The van der Waals surface area contributed by atoms with Gasteiger partial charge in [-0.2, -0.15) is 0 Å². The molecule has 1 aromatic rings. The smallest absolute Gasteiger partial charge is 0.191 e. The number of aliphatic imine (C=N–C) groups is 1. The van der Waals surface area contributed by atoms with Crippen molar-refractivity contribution in [1.82, 2.24) is 15.5 Å². The summed E-state index contributed by atoms with van der Waals surface area (Å²) in [6, 6.07) is 8.27. The van der Waals surface area contributed by atoms with Gasteiger partial charge in [0.05, 0.1) is 20.3 Å². The van der Waals surface area contributed by atoms with Gasteiger partial charge < -0.3 is 20.1 Å². The predicted molar refractivity (Wildman–Crippen MR) is 107 cm³/mol. The van der Waals surface area contributed by atoms with Crippen LogP contribution in [0.4, 0.5) is 0 Å². The van der Waals surface area contributed by atoms with Gasteiger partial charge in [-0.1, -0.05) is 12.1 Å². The predicted octanol–water partition coefficient (Wildman–Crippen LogP) is 1.90. The van der Waals surface area contributed by atoms with Gasteiger partial charge >= 0.3 is 0 Å². The average molecular weight is 363 g/mol. The molecule has 2 rings (SSSR count). The normalized spacial score (nSPS) is 16.4. The Morgan fingerprint density at radius 2 is 1.88 bits per heavy atom. The van der Waals surface area contributed by atoms with Crippen LogP contribution in [0.1, 0.15) is 25.8 Å². The molecule has 1 aromatic carbocycles. The van der Waals surface area contributed by atoms with Crippen LogP contribution in [0.5, 0.6) is 5.75 Å². The molecule has 6 heteroatoms. The number of guanidine groups is 1. The molecule has 1 saturated heterocycles. The molecule has 1 fully saturated rings. The summed E-state index contributed by atoms with van der Waals surface area (Å²) in [7, 11) is 3.51. The fourth-order valence-corrected chi connectivity index (χ4v) is 3.09. The molecule has 0 radical (unpaired) electrons. The Labute approximate surface area is 158 Å². The number of morpholine rings is 1. The monoisotopic (exact) mass is 362 g/mol. The highest BCUT2D eigenvalue weighted by Crippen LogP contribution is 2.15. The molecule has 0 aromatic heterocycles. The van der Waals surface area contributed by atoms with E-state index in [0.29, 0.717) is 0 Å². The fourth-order valence-electron chi connectivity index (χ4n) is 3.09. The van der Waals surface area contributed by atoms with Gasteiger partial charge in [0, 0.05) is 38.8 Å². The molecule has 26 heavy (non-hydrogen) atoms. The molecule has 0 saturated carbocycles. The van der Waals surface area contributed by atoms with Crippen molar-refractivity contribution in [3.8, 4) is 5.75 Å². The molecule has 0 aliphatic carbocycles. The van der Waals surface area contributed by atoms with Crippen LogP contribution in [0.15, 0.2) is 29.3 Å². The van der Waals surface area contributed by atoms with Crippen molar-refractivity contribution in [3.05, 3.63) is 29.8 Å². The fraction of sp³-hybridized carbons (Fsp3) is 0.650. The van der Waals surface area contributed by atoms with Crippen LogP contribution < -0.4 is 15.4 Å². The van der Waals surface area contributed by atoms with E-state index < -0.39 is 0 Å². The Morgan fingerprint density at radius 3 is 2.50 bits per heavy atom. The Morgan fingerprint density at radius 1 is 1.19 bits per heavy atom. The lowest BCUT2D eigenvalue weighted by Crippen LogP contribution is -2.56. The van der Waals surface area contributed by atoms with E-state index in [9.17, 15) is 0 Å². The molecule has 0 bridgehead atoms. The van der Waals surface area contributed by atoms with E-state index in [1.165, 1.54) is 5.56 Å². The minimum atomic E-state index is 0.0739. The van der Waals surface area contributed by atoms with Gasteiger partial charge in [0.25, 0.3) is 0 Å². The Balaban J connectivity index is 1.68. The van der Waals surface area contributed by atoms with Crippen molar-refractivity contribution in [2.45, 2.75) is 32.2 Å². The number of nitrogens with zero attached hydrogens (tertiary/aromatic N) is 2. The first kappa shape index (κ1) is 20.5. The first-order valence-corrected chi connectivity index (χ1v) is 9.45. The summed E-state index contributed by atoms with van der Waals surface area (Å²) in [5, 5.41) is 6.87. The number of rotatable bonds is 8. The van der Waals surface area contributed by atoms with Crippen molar-refractivity contribution < 1.29 is 9.47 Å². The van der Waals surface area contributed by atoms with E-state index in [1.54, 1.807) is 7.11 Å². The van der Waals surface area contributed by atoms with E-state index in [-0.39, 0.29) is 5.54 Å². The van der Waals surface area contributed by atoms with Crippen molar-refractivity contribution in [2.24, 2.45) is 4.99 Å². The SMILES string of the molecule is CN=C(NCCCc1ccc(OC)cc1)NCC(C)(C)N1CCOCC1. The third-order valence-corrected chi connectivity index (χ3v) is 4.87. The van der Waals surface area contributed by atoms with Crippen molar-refractivity contribution in [3.63, 3.8) is 0 Å². The molecule has 0 spiro atoms. The van der Waals surface area contributed by atoms with Crippen LogP contribution in [-0.2, 0) is 11.2 Å². The maximum Gasteiger partial charge on any atom is 0.191 e. The quantitative estimate of drug-likeness (QED) is 0.420. The van der Waals surface area contributed by atoms with E-state index >= 15 is 0 Å². The second kappa shape index (κ2) is 10.4. The molecule has 0 atom stereocenters. The molecule has 146 valence electrons. The van der Waals surface area contributed by atoms with Gasteiger partial charge in [-0.3, -0.25) is 9.89 Å². The van der Waals surface area contributed by atoms with Crippen LogP contribution in [0.3, 0.4) is 0 Å². The zero-order valence-corrected chi connectivity index (χ0v) is 16.7. The third kappa shape index (κ3) is 6.50. The summed E-state index contributed by atoms with van der Waals surface area (Å²) in [6.45, 7) is 9.90. The molecule has 2 N–H and O–H groups in total. The number of hydrogen-bond donors (Lipinski definition) is 2. The maximum atomic E-state index is 5.45. The van der Waals surface area contributed by atoms with Gasteiger partial charge in [0.15, 0.2) is 5.96 Å². The van der Waals surface area contributed by atoms with E-state index in [2.05, 4.69) is 46.5 Å². The minimum absolute atomic E-state index is 0.0739. The van der Waals surface area contributed by atoms with Crippen LogP contribution >= 0.6 is 0 Å². The van der Waals surface area contributed by atoms with Gasteiger partial charge in [0.1, 0.15) is 5.75 Å². The van der Waals surface area contributed by atoms with Crippen LogP contribution in [0.25, 0.3) is 0 Å². The number of aryl methyl sites for hydroxylation is 1. The molecule has 0 amide bonds. The second-order valence-corrected chi connectivity index (χ2v) is 7.22. The van der Waals surface area contributed by atoms with Crippen LogP contribution in [0.2, 0.25) is 0 Å². The molecular weight excluding hydrogens is 328 g/mol. The van der Waals surface area contributed by atoms with Crippen molar-refractivity contribution in [1.29, 1.82) is 0 Å². The number of methoxy groups -OCH3 is 1. The van der Waals surface area contributed by atoms with Gasteiger partial charge in [-0.05, 0) is 44.4 Å². The van der Waals surface area contributed by atoms with Gasteiger partial charge in [-0.25, -0.2) is 0 Å². The average Bonchev–Trinajstić information content (AvgIpc) is 2.68. The summed E-state index contributed by atoms with van der Waals surface area (Å²) in [6.07, 6.45) is 2.09. The summed E-state index contributed by atoms with van der Waals surface area (Å²) in [4.78, 5) is 6.81. The highest BCUT2D eigenvalue weighted by molar-refractivity contribution is 5.79. The maximum absolute atomic E-state index is 5.45. The largest absolute Gasteiger partial charge is 0.497 e. The topological polar surface area (TPSA) is 58.1 Å². The molecular formula is C20H34N4O2. The molecule has 0 unspecified atom stereocenters. The summed E-state index contributed by atoms with van der Waals surface area (Å²) < 4.78 is 10.6. The zero-order valence-electron chi connectivity index (χ0n) is 16.7. The number of benzene rings is 1. The Bertz CT molecular complexity index is 551. The van der Waals surface area contributed by atoms with Crippen LogP contribution in [0, 0.1) is 0 Å². The van der Waals surface area contributed by atoms with Gasteiger partial charge in [0.2, 0.25) is 0 Å². The molecule has 1 aliphatic rings. The lowest BCUT2D eigenvalue weighted by molar-refractivity contribution is -0.00833. The van der Waals surface area contributed by atoms with Crippen LogP contribution in [-0.4, -0.2) is 69.9 Å². The van der Waals surface area contributed by atoms with E-state index in [1.807, 2.05) is 19.2 Å². The highest BCUT2D eigenvalue weighted by Gasteiger charge is 2.28. The number of nitrogens with one attached hydrogen (secondary N) is 2. The number of hydrogen-bond acceptors (Lipinski definition) is 4. The van der Waals surface area contributed by atoms with Crippen molar-refractivity contribution >= 4 is 5.96 Å². The first-order valence-electron chi connectivity index (χ1n) is 9.45. The molecule has 6 nitrogen and oxygen atoms in total. The third-order valence-electron chi connectivity index (χ3n) is 4.87. The number of ether oxygens (including phenoxy) is 2. The summed E-state index contributed by atoms with van der Waals surface area (Å²) in [5.74, 6) is 1.76. The lowest BCUT2D eigenvalue weighted by Gasteiger charge is -2.41. The van der Waals surface area contributed by atoms with Gasteiger partial charge in [-0.15, -0.1) is 0 Å². The minimum Gasteiger partial charge on any atom is -0.497 e. The molecule has 1 aliphatic heterocycles. The standard InChI is InChI=1S/C20H34N4O2/c1-20(2,24-12-14-26-15-13-24)16-23-19(21-3)22-11-5-6-17-7-9-18(25-4)10-8-17/h7-10H,5-6,11-16H2,1-4H3,(H2,21,22,23). The zero-order chi connectivity index (χ0) is 18.8. The molecule has 1 heterocycles. The summed E-state index contributed by atoms with van der Waals surface area (Å²) in [5.41, 5.74) is 1.40. The Kier molecular flexibility index (Phi) is 8.19. The first-order chi connectivity index (χ1) is 12.5. The lowest BCUT2D eigenvalue weighted by atomic mass is 10.0.